The largest absolute Gasteiger partial charge is 0.504 e. The van der Waals surface area contributed by atoms with E-state index in [1.165, 1.54) is 19.2 Å². The fourth-order valence-corrected chi connectivity index (χ4v) is 0.860. The highest BCUT2D eigenvalue weighted by atomic mass is 16.3. The second-order valence-corrected chi connectivity index (χ2v) is 2.62. The number of nitrogens with zero attached hydrogens (tertiary/aromatic N) is 1. The SMILES string of the molecule is CN(N)C(=O)c1ccc(O)c(O)c1. The van der Waals surface area contributed by atoms with Crippen molar-refractivity contribution in [3.63, 3.8) is 0 Å². The molecule has 1 aromatic carbocycles. The van der Waals surface area contributed by atoms with Crippen molar-refractivity contribution in [3.05, 3.63) is 23.8 Å². The molecular weight excluding hydrogens is 172 g/mol. The highest BCUT2D eigenvalue weighted by Gasteiger charge is 2.10. The van der Waals surface area contributed by atoms with Gasteiger partial charge in [0.2, 0.25) is 0 Å². The topological polar surface area (TPSA) is 86.8 Å². The number of rotatable bonds is 1. The van der Waals surface area contributed by atoms with E-state index in [0.29, 0.717) is 0 Å². The van der Waals surface area contributed by atoms with Gasteiger partial charge in [-0.3, -0.25) is 9.80 Å². The maximum atomic E-state index is 11.2. The molecule has 0 aliphatic carbocycles. The lowest BCUT2D eigenvalue weighted by Crippen LogP contribution is -2.32. The summed E-state index contributed by atoms with van der Waals surface area (Å²) in [6.07, 6.45) is 0. The number of hydrogen-bond acceptors (Lipinski definition) is 4. The number of amides is 1. The Balaban J connectivity index is 3.04. The molecule has 13 heavy (non-hydrogen) atoms. The number of hydrazine groups is 1. The molecule has 0 aromatic heterocycles. The van der Waals surface area contributed by atoms with Gasteiger partial charge in [0.25, 0.3) is 5.91 Å². The molecule has 0 radical (unpaired) electrons. The van der Waals surface area contributed by atoms with Gasteiger partial charge >= 0.3 is 0 Å². The van der Waals surface area contributed by atoms with Crippen molar-refractivity contribution in [2.24, 2.45) is 5.84 Å². The van der Waals surface area contributed by atoms with Crippen LogP contribution in [0.25, 0.3) is 0 Å². The van der Waals surface area contributed by atoms with Crippen molar-refractivity contribution in [2.45, 2.75) is 0 Å². The lowest BCUT2D eigenvalue weighted by molar-refractivity contribution is 0.0794. The molecule has 0 spiro atoms. The van der Waals surface area contributed by atoms with Gasteiger partial charge in [-0.25, -0.2) is 5.84 Å². The maximum Gasteiger partial charge on any atom is 0.267 e. The zero-order chi connectivity index (χ0) is 10.0. The first-order valence-corrected chi connectivity index (χ1v) is 3.57. The van der Waals surface area contributed by atoms with Crippen molar-refractivity contribution in [3.8, 4) is 11.5 Å². The molecule has 0 unspecified atom stereocenters. The van der Waals surface area contributed by atoms with Crippen LogP contribution in [0.3, 0.4) is 0 Å². The Morgan fingerprint density at radius 3 is 2.46 bits per heavy atom. The molecule has 1 amide bonds. The van der Waals surface area contributed by atoms with Crippen molar-refractivity contribution >= 4 is 5.91 Å². The van der Waals surface area contributed by atoms with E-state index in [4.69, 9.17) is 16.1 Å². The third-order valence-electron chi connectivity index (χ3n) is 1.54. The minimum Gasteiger partial charge on any atom is -0.504 e. The Hall–Kier alpha value is -1.75. The van der Waals surface area contributed by atoms with Gasteiger partial charge in [-0.15, -0.1) is 0 Å². The van der Waals surface area contributed by atoms with Crippen LogP contribution in [0.2, 0.25) is 0 Å². The summed E-state index contributed by atoms with van der Waals surface area (Å²) in [6.45, 7) is 0. The van der Waals surface area contributed by atoms with Gasteiger partial charge in [-0.2, -0.15) is 0 Å². The quantitative estimate of drug-likeness (QED) is 0.248. The highest BCUT2D eigenvalue weighted by Crippen LogP contribution is 2.24. The van der Waals surface area contributed by atoms with E-state index in [0.717, 1.165) is 11.1 Å². The third kappa shape index (κ3) is 1.88. The molecule has 0 heterocycles. The molecule has 0 aliphatic heterocycles. The monoisotopic (exact) mass is 182 g/mol. The van der Waals surface area contributed by atoms with Crippen LogP contribution in [-0.2, 0) is 0 Å². The number of phenols is 2. The Morgan fingerprint density at radius 2 is 2.00 bits per heavy atom. The third-order valence-corrected chi connectivity index (χ3v) is 1.54. The Bertz CT molecular complexity index is 336. The van der Waals surface area contributed by atoms with Gasteiger partial charge in [-0.05, 0) is 18.2 Å². The molecule has 1 aromatic rings. The van der Waals surface area contributed by atoms with Gasteiger partial charge in [0.05, 0.1) is 0 Å². The first-order chi connectivity index (χ1) is 6.02. The molecule has 0 aliphatic rings. The first-order valence-electron chi connectivity index (χ1n) is 3.57. The van der Waals surface area contributed by atoms with E-state index >= 15 is 0 Å². The molecule has 5 nitrogen and oxygen atoms in total. The molecule has 0 atom stereocenters. The number of aromatic hydroxyl groups is 2. The van der Waals surface area contributed by atoms with E-state index in [9.17, 15) is 4.79 Å². The fourth-order valence-electron chi connectivity index (χ4n) is 0.860. The highest BCUT2D eigenvalue weighted by molar-refractivity contribution is 5.94. The van der Waals surface area contributed by atoms with Gasteiger partial charge in [0, 0.05) is 12.6 Å². The zero-order valence-corrected chi connectivity index (χ0v) is 7.06. The normalized spacial score (nSPS) is 9.69. The molecule has 70 valence electrons. The maximum absolute atomic E-state index is 11.2. The van der Waals surface area contributed by atoms with Crippen molar-refractivity contribution in [1.82, 2.24) is 5.01 Å². The average Bonchev–Trinajstić information content (AvgIpc) is 2.08. The Labute approximate surface area is 75.0 Å². The minimum absolute atomic E-state index is 0.223. The van der Waals surface area contributed by atoms with Crippen LogP contribution in [0, 0.1) is 0 Å². The predicted molar refractivity (Wildman–Crippen MR) is 46.1 cm³/mol. The number of carbonyl (C=O) groups is 1. The van der Waals surface area contributed by atoms with E-state index in [1.807, 2.05) is 0 Å². The summed E-state index contributed by atoms with van der Waals surface area (Å²) < 4.78 is 0. The van der Waals surface area contributed by atoms with Gasteiger partial charge in [-0.1, -0.05) is 0 Å². The summed E-state index contributed by atoms with van der Waals surface area (Å²) in [7, 11) is 1.40. The molecular formula is C8H10N2O3. The van der Waals surface area contributed by atoms with E-state index in [1.54, 1.807) is 0 Å². The summed E-state index contributed by atoms with van der Waals surface area (Å²) in [5, 5.41) is 18.9. The van der Waals surface area contributed by atoms with Crippen LogP contribution in [0.5, 0.6) is 11.5 Å². The molecule has 1 rings (SSSR count). The summed E-state index contributed by atoms with van der Waals surface area (Å²) in [4.78, 5) is 11.2. The van der Waals surface area contributed by atoms with Crippen LogP contribution < -0.4 is 5.84 Å². The van der Waals surface area contributed by atoms with Crippen LogP contribution in [0.1, 0.15) is 10.4 Å². The molecule has 4 N–H and O–H groups in total. The van der Waals surface area contributed by atoms with E-state index < -0.39 is 5.91 Å². The van der Waals surface area contributed by atoms with Crippen molar-refractivity contribution in [2.75, 3.05) is 7.05 Å². The fraction of sp³-hybridized carbons (Fsp3) is 0.125. The zero-order valence-electron chi connectivity index (χ0n) is 7.06. The Morgan fingerprint density at radius 1 is 1.38 bits per heavy atom. The lowest BCUT2D eigenvalue weighted by atomic mass is 10.2. The molecule has 0 bridgehead atoms. The number of hydrogen-bond donors (Lipinski definition) is 3. The Kier molecular flexibility index (Phi) is 2.39. The standard InChI is InChI=1S/C8H10N2O3/c1-10(9)8(13)5-2-3-6(11)7(12)4-5/h2-4,11-12H,9H2,1H3. The molecule has 0 fully saturated rings. The minimum atomic E-state index is -0.435. The molecule has 0 saturated heterocycles. The molecule has 5 heteroatoms. The van der Waals surface area contributed by atoms with Gasteiger partial charge < -0.3 is 10.2 Å². The number of benzene rings is 1. The average molecular weight is 182 g/mol. The van der Waals surface area contributed by atoms with Crippen LogP contribution in [-0.4, -0.2) is 28.2 Å². The summed E-state index contributed by atoms with van der Waals surface area (Å²) in [5.41, 5.74) is 0.223. The van der Waals surface area contributed by atoms with E-state index in [-0.39, 0.29) is 17.1 Å². The first kappa shape index (κ1) is 9.34. The van der Waals surface area contributed by atoms with Crippen LogP contribution in [0.4, 0.5) is 0 Å². The van der Waals surface area contributed by atoms with Gasteiger partial charge in [0.15, 0.2) is 11.5 Å². The summed E-state index contributed by atoms with van der Waals surface area (Å²) in [5.74, 6) is 4.15. The van der Waals surface area contributed by atoms with Crippen molar-refractivity contribution in [1.29, 1.82) is 0 Å². The summed E-state index contributed by atoms with van der Waals surface area (Å²) >= 11 is 0. The summed E-state index contributed by atoms with van der Waals surface area (Å²) in [6, 6.07) is 3.76. The number of phenolic OH excluding ortho intramolecular Hbond substituents is 2. The lowest BCUT2D eigenvalue weighted by Gasteiger charge is -2.09. The van der Waals surface area contributed by atoms with Crippen molar-refractivity contribution < 1.29 is 15.0 Å². The predicted octanol–water partition coefficient (Wildman–Crippen LogP) is 0.0435. The van der Waals surface area contributed by atoms with Crippen LogP contribution >= 0.6 is 0 Å². The van der Waals surface area contributed by atoms with Gasteiger partial charge in [0.1, 0.15) is 0 Å². The second kappa shape index (κ2) is 3.32. The second-order valence-electron chi connectivity index (χ2n) is 2.62. The van der Waals surface area contributed by atoms with Crippen LogP contribution in [0.15, 0.2) is 18.2 Å². The smallest absolute Gasteiger partial charge is 0.267 e. The molecule has 0 saturated carbocycles. The van der Waals surface area contributed by atoms with E-state index in [2.05, 4.69) is 0 Å². The number of carbonyl (C=O) groups excluding carboxylic acids is 1. The number of nitrogens with two attached hydrogens (primary N) is 1.